The van der Waals surface area contributed by atoms with Crippen LogP contribution in [-0.2, 0) is 10.0 Å². The summed E-state index contributed by atoms with van der Waals surface area (Å²) in [5, 5.41) is 8.72. The molecule has 0 aliphatic carbocycles. The highest BCUT2D eigenvalue weighted by Crippen LogP contribution is 2.18. The van der Waals surface area contributed by atoms with E-state index in [0.717, 1.165) is 18.6 Å². The summed E-state index contributed by atoms with van der Waals surface area (Å²) >= 11 is 0. The second-order valence-corrected chi connectivity index (χ2v) is 6.43. The van der Waals surface area contributed by atoms with Gasteiger partial charge in [-0.25, -0.2) is 22.3 Å². The van der Waals surface area contributed by atoms with Crippen LogP contribution >= 0.6 is 0 Å². The predicted octanol–water partition coefficient (Wildman–Crippen LogP) is 2.24. The summed E-state index contributed by atoms with van der Waals surface area (Å²) in [6, 6.07) is 2.38. The zero-order valence-electron chi connectivity index (χ0n) is 11.6. The molecule has 112 valence electrons. The SMILES string of the molecule is CCC(C)C(C)NS(=O)(=O)c1ccc(C(=O)O)cc1F. The summed E-state index contributed by atoms with van der Waals surface area (Å²) in [7, 11) is -4.01. The monoisotopic (exact) mass is 303 g/mol. The fourth-order valence-electron chi connectivity index (χ4n) is 1.63. The molecule has 0 bridgehead atoms. The number of carboxylic acids is 1. The average Bonchev–Trinajstić information content (AvgIpc) is 2.36. The molecule has 0 aliphatic heterocycles. The van der Waals surface area contributed by atoms with Gasteiger partial charge in [0.15, 0.2) is 0 Å². The minimum atomic E-state index is -4.01. The molecule has 1 aromatic rings. The molecule has 2 atom stereocenters. The number of carbonyl (C=O) groups is 1. The molecule has 0 spiro atoms. The molecule has 0 aromatic heterocycles. The molecule has 2 N–H and O–H groups in total. The quantitative estimate of drug-likeness (QED) is 0.844. The number of nitrogens with one attached hydrogen (secondary N) is 1. The van der Waals surface area contributed by atoms with Gasteiger partial charge < -0.3 is 5.11 Å². The molecule has 1 aromatic carbocycles. The van der Waals surface area contributed by atoms with Gasteiger partial charge in [-0.3, -0.25) is 0 Å². The van der Waals surface area contributed by atoms with Crippen molar-refractivity contribution in [1.82, 2.24) is 4.72 Å². The number of hydrogen-bond donors (Lipinski definition) is 2. The lowest BCUT2D eigenvalue weighted by atomic mass is 10.0. The molecule has 0 radical (unpaired) electrons. The van der Waals surface area contributed by atoms with Crippen molar-refractivity contribution in [2.24, 2.45) is 5.92 Å². The van der Waals surface area contributed by atoms with Crippen molar-refractivity contribution in [2.45, 2.75) is 38.1 Å². The number of rotatable bonds is 6. The van der Waals surface area contributed by atoms with E-state index in [4.69, 9.17) is 5.11 Å². The maximum absolute atomic E-state index is 13.8. The Hall–Kier alpha value is -1.47. The van der Waals surface area contributed by atoms with Crippen LogP contribution in [0.5, 0.6) is 0 Å². The largest absolute Gasteiger partial charge is 0.478 e. The summed E-state index contributed by atoms with van der Waals surface area (Å²) in [6.45, 7) is 5.52. The molecule has 1 rings (SSSR count). The molecule has 5 nitrogen and oxygen atoms in total. The third-order valence-electron chi connectivity index (χ3n) is 3.31. The van der Waals surface area contributed by atoms with Crippen molar-refractivity contribution in [2.75, 3.05) is 0 Å². The van der Waals surface area contributed by atoms with Crippen LogP contribution in [0.25, 0.3) is 0 Å². The highest BCUT2D eigenvalue weighted by atomic mass is 32.2. The fourth-order valence-corrected chi connectivity index (χ4v) is 3.04. The van der Waals surface area contributed by atoms with Gasteiger partial charge >= 0.3 is 5.97 Å². The van der Waals surface area contributed by atoms with Crippen molar-refractivity contribution in [3.63, 3.8) is 0 Å². The number of hydrogen-bond acceptors (Lipinski definition) is 3. The first kappa shape index (κ1) is 16.6. The molecule has 0 amide bonds. The molecule has 0 aliphatic rings. The predicted molar refractivity (Wildman–Crippen MR) is 72.6 cm³/mol. The number of benzene rings is 1. The lowest BCUT2D eigenvalue weighted by Gasteiger charge is -2.20. The van der Waals surface area contributed by atoms with E-state index < -0.39 is 26.7 Å². The van der Waals surface area contributed by atoms with Crippen LogP contribution in [0.4, 0.5) is 4.39 Å². The zero-order valence-corrected chi connectivity index (χ0v) is 12.4. The first-order valence-electron chi connectivity index (χ1n) is 6.24. The molecule has 0 heterocycles. The minimum absolute atomic E-state index is 0.103. The highest BCUT2D eigenvalue weighted by molar-refractivity contribution is 7.89. The molecule has 20 heavy (non-hydrogen) atoms. The summed E-state index contributed by atoms with van der Waals surface area (Å²) in [5.41, 5.74) is -0.295. The first-order valence-corrected chi connectivity index (χ1v) is 7.72. The number of sulfonamides is 1. The Kier molecular flexibility index (Phi) is 5.24. The smallest absolute Gasteiger partial charge is 0.335 e. The first-order chi connectivity index (χ1) is 9.19. The van der Waals surface area contributed by atoms with E-state index in [1.807, 2.05) is 13.8 Å². The summed E-state index contributed by atoms with van der Waals surface area (Å²) in [6.07, 6.45) is 0.782. The molecular weight excluding hydrogens is 285 g/mol. The maximum atomic E-state index is 13.8. The van der Waals surface area contributed by atoms with Crippen LogP contribution in [-0.4, -0.2) is 25.5 Å². The van der Waals surface area contributed by atoms with E-state index >= 15 is 0 Å². The van der Waals surface area contributed by atoms with Gasteiger partial charge in [0.2, 0.25) is 10.0 Å². The van der Waals surface area contributed by atoms with Crippen molar-refractivity contribution in [3.8, 4) is 0 Å². The van der Waals surface area contributed by atoms with Gasteiger partial charge in [0.1, 0.15) is 10.7 Å². The summed E-state index contributed by atoms with van der Waals surface area (Å²) < 4.78 is 40.3. The molecule has 7 heteroatoms. The van der Waals surface area contributed by atoms with Crippen LogP contribution in [0, 0.1) is 11.7 Å². The number of aromatic carboxylic acids is 1. The standard InChI is InChI=1S/C13H18FNO4S/c1-4-8(2)9(3)15-20(18,19)12-6-5-10(13(16)17)7-11(12)14/h5-9,15H,4H2,1-3H3,(H,16,17). The second kappa shape index (κ2) is 6.32. The van der Waals surface area contributed by atoms with Crippen LogP contribution in [0.2, 0.25) is 0 Å². The fraction of sp³-hybridized carbons (Fsp3) is 0.462. The van der Waals surface area contributed by atoms with Gasteiger partial charge in [-0.15, -0.1) is 0 Å². The zero-order chi connectivity index (χ0) is 15.5. The Morgan fingerprint density at radius 2 is 2.00 bits per heavy atom. The molecule has 0 fully saturated rings. The summed E-state index contributed by atoms with van der Waals surface area (Å²) in [5.74, 6) is -2.28. The molecule has 0 saturated heterocycles. The van der Waals surface area contributed by atoms with Gasteiger partial charge in [0.05, 0.1) is 5.56 Å². The van der Waals surface area contributed by atoms with Crippen LogP contribution in [0.3, 0.4) is 0 Å². The lowest BCUT2D eigenvalue weighted by Crippen LogP contribution is -2.37. The third-order valence-corrected chi connectivity index (χ3v) is 4.90. The topological polar surface area (TPSA) is 83.5 Å². The van der Waals surface area contributed by atoms with Crippen LogP contribution < -0.4 is 4.72 Å². The van der Waals surface area contributed by atoms with E-state index in [1.165, 1.54) is 0 Å². The Bertz CT molecular complexity index is 600. The van der Waals surface area contributed by atoms with E-state index in [0.29, 0.717) is 6.07 Å². The normalized spacial score (nSPS) is 14.8. The van der Waals surface area contributed by atoms with E-state index in [1.54, 1.807) is 6.92 Å². The Morgan fingerprint density at radius 1 is 1.40 bits per heavy atom. The van der Waals surface area contributed by atoms with Gasteiger partial charge in [0.25, 0.3) is 0 Å². The lowest BCUT2D eigenvalue weighted by molar-refractivity contribution is 0.0696. The van der Waals surface area contributed by atoms with E-state index in [-0.39, 0.29) is 17.5 Å². The minimum Gasteiger partial charge on any atom is -0.478 e. The van der Waals surface area contributed by atoms with Crippen molar-refractivity contribution >= 4 is 16.0 Å². The van der Waals surface area contributed by atoms with Gasteiger partial charge in [-0.05, 0) is 31.0 Å². The number of halogens is 1. The molecular formula is C13H18FNO4S. The average molecular weight is 303 g/mol. The number of carboxylic acid groups (broad SMARTS) is 1. The van der Waals surface area contributed by atoms with Gasteiger partial charge in [-0.1, -0.05) is 20.3 Å². The van der Waals surface area contributed by atoms with Gasteiger partial charge in [-0.2, -0.15) is 0 Å². The Balaban J connectivity index is 3.07. The van der Waals surface area contributed by atoms with Crippen molar-refractivity contribution in [1.29, 1.82) is 0 Å². The highest BCUT2D eigenvalue weighted by Gasteiger charge is 2.24. The van der Waals surface area contributed by atoms with E-state index in [9.17, 15) is 17.6 Å². The molecule has 2 unspecified atom stereocenters. The summed E-state index contributed by atoms with van der Waals surface area (Å²) in [4.78, 5) is 10.1. The molecule has 0 saturated carbocycles. The Morgan fingerprint density at radius 3 is 2.45 bits per heavy atom. The third kappa shape index (κ3) is 3.77. The van der Waals surface area contributed by atoms with E-state index in [2.05, 4.69) is 4.72 Å². The van der Waals surface area contributed by atoms with Crippen molar-refractivity contribution < 1.29 is 22.7 Å². The van der Waals surface area contributed by atoms with Gasteiger partial charge in [0, 0.05) is 6.04 Å². The van der Waals surface area contributed by atoms with Crippen molar-refractivity contribution in [3.05, 3.63) is 29.6 Å². The second-order valence-electron chi connectivity index (χ2n) is 4.75. The van der Waals surface area contributed by atoms with Crippen LogP contribution in [0.1, 0.15) is 37.6 Å². The van der Waals surface area contributed by atoms with Crippen LogP contribution in [0.15, 0.2) is 23.1 Å². The maximum Gasteiger partial charge on any atom is 0.335 e. The Labute approximate surface area is 117 Å².